The summed E-state index contributed by atoms with van der Waals surface area (Å²) >= 11 is 0. The Hall–Kier alpha value is -2.89. The van der Waals surface area contributed by atoms with Crippen molar-refractivity contribution < 1.29 is 4.79 Å². The summed E-state index contributed by atoms with van der Waals surface area (Å²) in [5, 5.41) is 0.819. The number of hydrogen-bond donors (Lipinski definition) is 0. The SMILES string of the molecule is Cn1c(=O)cc(C(=O)N2CCC[C@H](n3ccnc3)C2)c2ccccc21. The number of rotatable bonds is 2. The van der Waals surface area contributed by atoms with Crippen LogP contribution in [-0.2, 0) is 7.05 Å². The van der Waals surface area contributed by atoms with E-state index in [4.69, 9.17) is 0 Å². The van der Waals surface area contributed by atoms with Crippen LogP contribution < -0.4 is 5.56 Å². The number of aryl methyl sites for hydroxylation is 1. The number of carbonyl (C=O) groups excluding carboxylic acids is 1. The minimum Gasteiger partial charge on any atom is -0.337 e. The Morgan fingerprint density at radius 3 is 2.92 bits per heavy atom. The summed E-state index contributed by atoms with van der Waals surface area (Å²) in [6, 6.07) is 9.25. The molecule has 1 saturated heterocycles. The Bertz CT molecular complexity index is 975. The van der Waals surface area contributed by atoms with Crippen molar-refractivity contribution in [3.63, 3.8) is 0 Å². The topological polar surface area (TPSA) is 60.1 Å². The molecule has 1 atom stereocenters. The number of benzene rings is 1. The van der Waals surface area contributed by atoms with Gasteiger partial charge in [-0.05, 0) is 18.9 Å². The molecule has 0 N–H and O–H groups in total. The second-order valence-corrected chi connectivity index (χ2v) is 6.53. The monoisotopic (exact) mass is 336 g/mol. The number of imidazole rings is 1. The molecule has 1 aromatic carbocycles. The van der Waals surface area contributed by atoms with Gasteiger partial charge in [0, 0.05) is 44.0 Å². The fourth-order valence-corrected chi connectivity index (χ4v) is 3.63. The minimum absolute atomic E-state index is 0.0706. The number of para-hydroxylation sites is 1. The predicted octanol–water partition coefficient (Wildman–Crippen LogP) is 2.21. The predicted molar refractivity (Wildman–Crippen MR) is 95.6 cm³/mol. The fraction of sp³-hybridized carbons (Fsp3) is 0.316. The molecule has 0 spiro atoms. The maximum absolute atomic E-state index is 13.1. The van der Waals surface area contributed by atoms with E-state index in [0.717, 1.165) is 23.7 Å². The minimum atomic E-state index is -0.162. The van der Waals surface area contributed by atoms with Gasteiger partial charge in [0.15, 0.2) is 0 Å². The lowest BCUT2D eigenvalue weighted by molar-refractivity contribution is 0.0681. The Labute approximate surface area is 145 Å². The molecule has 1 amide bonds. The molecular weight excluding hydrogens is 316 g/mol. The van der Waals surface area contributed by atoms with Crippen molar-refractivity contribution in [2.24, 2.45) is 7.05 Å². The van der Waals surface area contributed by atoms with Crippen molar-refractivity contribution >= 4 is 16.8 Å². The van der Waals surface area contributed by atoms with Crippen LogP contribution >= 0.6 is 0 Å². The highest BCUT2D eigenvalue weighted by Gasteiger charge is 2.26. The van der Waals surface area contributed by atoms with Crippen LogP contribution in [-0.4, -0.2) is 38.0 Å². The zero-order valence-corrected chi connectivity index (χ0v) is 14.1. The molecule has 2 aromatic heterocycles. The molecular formula is C19H20N4O2. The van der Waals surface area contributed by atoms with Gasteiger partial charge in [0.25, 0.3) is 11.5 Å². The van der Waals surface area contributed by atoms with E-state index in [9.17, 15) is 9.59 Å². The van der Waals surface area contributed by atoms with Gasteiger partial charge in [-0.25, -0.2) is 4.98 Å². The molecule has 128 valence electrons. The average molecular weight is 336 g/mol. The van der Waals surface area contributed by atoms with Crippen molar-refractivity contribution in [2.75, 3.05) is 13.1 Å². The third-order valence-corrected chi connectivity index (χ3v) is 5.01. The first-order valence-electron chi connectivity index (χ1n) is 8.50. The van der Waals surface area contributed by atoms with Crippen molar-refractivity contribution in [2.45, 2.75) is 18.9 Å². The maximum Gasteiger partial charge on any atom is 0.254 e. The molecule has 25 heavy (non-hydrogen) atoms. The van der Waals surface area contributed by atoms with Crippen molar-refractivity contribution in [3.8, 4) is 0 Å². The smallest absolute Gasteiger partial charge is 0.254 e. The molecule has 6 heteroatoms. The second kappa shape index (κ2) is 6.20. The van der Waals surface area contributed by atoms with Gasteiger partial charge in [-0.3, -0.25) is 9.59 Å². The average Bonchev–Trinajstić information content (AvgIpc) is 3.19. The van der Waals surface area contributed by atoms with Gasteiger partial charge >= 0.3 is 0 Å². The van der Waals surface area contributed by atoms with Gasteiger partial charge in [-0.2, -0.15) is 0 Å². The zero-order chi connectivity index (χ0) is 17.4. The summed E-state index contributed by atoms with van der Waals surface area (Å²) in [4.78, 5) is 31.4. The molecule has 0 unspecified atom stereocenters. The van der Waals surface area contributed by atoms with E-state index in [0.29, 0.717) is 18.7 Å². The third-order valence-electron chi connectivity index (χ3n) is 5.01. The summed E-state index contributed by atoms with van der Waals surface area (Å²) in [5.74, 6) is -0.0706. The van der Waals surface area contributed by atoms with E-state index in [-0.39, 0.29) is 17.5 Å². The molecule has 1 fully saturated rings. The van der Waals surface area contributed by atoms with Gasteiger partial charge in [-0.1, -0.05) is 18.2 Å². The van der Waals surface area contributed by atoms with Crippen LogP contribution in [0.3, 0.4) is 0 Å². The molecule has 1 aliphatic rings. The molecule has 0 saturated carbocycles. The maximum atomic E-state index is 13.1. The largest absolute Gasteiger partial charge is 0.337 e. The molecule has 0 radical (unpaired) electrons. The highest BCUT2D eigenvalue weighted by atomic mass is 16.2. The van der Waals surface area contributed by atoms with Crippen molar-refractivity contribution in [1.29, 1.82) is 0 Å². The highest BCUT2D eigenvalue weighted by Crippen LogP contribution is 2.24. The Morgan fingerprint density at radius 1 is 1.28 bits per heavy atom. The normalized spacial score (nSPS) is 17.8. The Morgan fingerprint density at radius 2 is 2.12 bits per heavy atom. The lowest BCUT2D eigenvalue weighted by Gasteiger charge is -2.33. The quantitative estimate of drug-likeness (QED) is 0.721. The van der Waals surface area contributed by atoms with E-state index in [2.05, 4.69) is 9.55 Å². The number of fused-ring (bicyclic) bond motifs is 1. The zero-order valence-electron chi connectivity index (χ0n) is 14.1. The van der Waals surface area contributed by atoms with Crippen LogP contribution in [0.1, 0.15) is 29.2 Å². The van der Waals surface area contributed by atoms with Crippen LogP contribution in [0.5, 0.6) is 0 Å². The number of hydrogen-bond acceptors (Lipinski definition) is 3. The standard InChI is InChI=1S/C19H20N4O2/c1-21-17-7-3-2-6-15(17)16(11-18(21)24)19(25)22-9-4-5-14(12-22)23-10-8-20-13-23/h2-3,6-8,10-11,13-14H,4-5,9,12H2,1H3/t14-/m0/s1. The first kappa shape index (κ1) is 15.6. The lowest BCUT2D eigenvalue weighted by atomic mass is 10.0. The fourth-order valence-electron chi connectivity index (χ4n) is 3.63. The summed E-state index contributed by atoms with van der Waals surface area (Å²) in [7, 11) is 1.73. The van der Waals surface area contributed by atoms with E-state index in [1.807, 2.05) is 35.4 Å². The van der Waals surface area contributed by atoms with E-state index >= 15 is 0 Å². The summed E-state index contributed by atoms with van der Waals surface area (Å²) < 4.78 is 3.64. The van der Waals surface area contributed by atoms with Gasteiger partial charge in [0.05, 0.1) is 23.4 Å². The van der Waals surface area contributed by atoms with Gasteiger partial charge in [0.1, 0.15) is 0 Å². The molecule has 3 heterocycles. The van der Waals surface area contributed by atoms with Crippen LogP contribution in [0, 0.1) is 0 Å². The van der Waals surface area contributed by atoms with E-state index in [1.54, 1.807) is 24.1 Å². The van der Waals surface area contributed by atoms with Crippen molar-refractivity contribution in [3.05, 3.63) is 65.0 Å². The lowest BCUT2D eigenvalue weighted by Crippen LogP contribution is -2.41. The van der Waals surface area contributed by atoms with Crippen molar-refractivity contribution in [1.82, 2.24) is 19.0 Å². The van der Waals surface area contributed by atoms with Gasteiger partial charge in [-0.15, -0.1) is 0 Å². The number of nitrogens with zero attached hydrogens (tertiary/aromatic N) is 4. The van der Waals surface area contributed by atoms with Gasteiger partial charge in [0.2, 0.25) is 0 Å². The number of aromatic nitrogens is 3. The molecule has 4 rings (SSSR count). The molecule has 0 aliphatic carbocycles. The van der Waals surface area contributed by atoms with Crippen LogP contribution in [0.4, 0.5) is 0 Å². The summed E-state index contributed by atoms with van der Waals surface area (Å²) in [6.45, 7) is 1.35. The molecule has 3 aromatic rings. The Kier molecular flexibility index (Phi) is 3.87. The second-order valence-electron chi connectivity index (χ2n) is 6.53. The third kappa shape index (κ3) is 2.73. The molecule has 1 aliphatic heterocycles. The first-order chi connectivity index (χ1) is 12.1. The van der Waals surface area contributed by atoms with Crippen LogP contribution in [0.25, 0.3) is 10.9 Å². The number of pyridine rings is 1. The summed E-state index contributed by atoms with van der Waals surface area (Å²) in [6.07, 6.45) is 7.46. The molecule has 0 bridgehead atoms. The van der Waals surface area contributed by atoms with Gasteiger partial charge < -0.3 is 14.0 Å². The highest BCUT2D eigenvalue weighted by molar-refractivity contribution is 6.06. The summed E-state index contributed by atoms with van der Waals surface area (Å²) in [5.41, 5.74) is 1.11. The van der Waals surface area contributed by atoms with E-state index < -0.39 is 0 Å². The number of likely N-dealkylation sites (tertiary alicyclic amines) is 1. The number of piperidine rings is 1. The van der Waals surface area contributed by atoms with Crippen LogP contribution in [0.15, 0.2) is 53.8 Å². The Balaban J connectivity index is 1.70. The molecule has 6 nitrogen and oxygen atoms in total. The van der Waals surface area contributed by atoms with E-state index in [1.165, 1.54) is 6.07 Å². The number of carbonyl (C=O) groups is 1. The van der Waals surface area contributed by atoms with Crippen LogP contribution in [0.2, 0.25) is 0 Å². The number of amides is 1. The first-order valence-corrected chi connectivity index (χ1v) is 8.50.